The predicted octanol–water partition coefficient (Wildman–Crippen LogP) is 1.22. The fourth-order valence-corrected chi connectivity index (χ4v) is 2.31. The molecule has 0 bridgehead atoms. The highest BCUT2D eigenvalue weighted by molar-refractivity contribution is 5.73. The van der Waals surface area contributed by atoms with Crippen molar-refractivity contribution in [2.45, 2.75) is 6.92 Å². The van der Waals surface area contributed by atoms with Gasteiger partial charge >= 0.3 is 5.97 Å². The molecule has 1 aromatic rings. The summed E-state index contributed by atoms with van der Waals surface area (Å²) in [5.74, 6) is -0.799. The number of ether oxygens (including phenoxy) is 1. The third-order valence-corrected chi connectivity index (χ3v) is 3.52. The highest BCUT2D eigenvalue weighted by atomic mass is 16.5. The Morgan fingerprint density at radius 1 is 1.30 bits per heavy atom. The number of aliphatic carboxylic acids is 1. The largest absolute Gasteiger partial charge is 0.480 e. The Kier molecular flexibility index (Phi) is 5.38. The lowest BCUT2D eigenvalue weighted by Gasteiger charge is -2.30. The van der Waals surface area contributed by atoms with Crippen LogP contribution in [0.4, 0.5) is 5.69 Å². The lowest BCUT2D eigenvalue weighted by molar-refractivity contribution is -0.135. The van der Waals surface area contributed by atoms with Crippen molar-refractivity contribution >= 4 is 11.7 Å². The Morgan fingerprint density at radius 2 is 1.95 bits per heavy atom. The Hall–Kier alpha value is -1.59. The molecule has 0 aromatic heterocycles. The van der Waals surface area contributed by atoms with Gasteiger partial charge in [-0.15, -0.1) is 0 Å². The molecule has 0 spiro atoms. The van der Waals surface area contributed by atoms with Crippen molar-refractivity contribution in [1.29, 1.82) is 0 Å². The van der Waals surface area contributed by atoms with Crippen molar-refractivity contribution in [2.75, 3.05) is 50.8 Å². The van der Waals surface area contributed by atoms with Crippen molar-refractivity contribution in [2.24, 2.45) is 0 Å². The second-order valence-corrected chi connectivity index (χ2v) is 5.10. The van der Waals surface area contributed by atoms with E-state index in [1.54, 1.807) is 0 Å². The van der Waals surface area contributed by atoms with Gasteiger partial charge in [0.05, 0.1) is 13.2 Å². The third-order valence-electron chi connectivity index (χ3n) is 3.52. The van der Waals surface area contributed by atoms with Crippen LogP contribution >= 0.6 is 0 Å². The van der Waals surface area contributed by atoms with E-state index in [2.05, 4.69) is 4.90 Å². The molecule has 5 nitrogen and oxygen atoms in total. The van der Waals surface area contributed by atoms with Gasteiger partial charge in [0, 0.05) is 31.9 Å². The van der Waals surface area contributed by atoms with Crippen LogP contribution in [-0.4, -0.2) is 61.9 Å². The average Bonchev–Trinajstić information content (AvgIpc) is 2.45. The fraction of sp³-hybridized carbons (Fsp3) is 0.533. The number of nitrogens with zero attached hydrogens (tertiary/aromatic N) is 2. The van der Waals surface area contributed by atoms with Crippen molar-refractivity contribution < 1.29 is 14.6 Å². The van der Waals surface area contributed by atoms with Gasteiger partial charge in [0.1, 0.15) is 6.54 Å². The van der Waals surface area contributed by atoms with E-state index in [0.29, 0.717) is 0 Å². The number of morpholine rings is 1. The van der Waals surface area contributed by atoms with Gasteiger partial charge in [-0.05, 0) is 19.1 Å². The molecule has 1 N–H and O–H groups in total. The van der Waals surface area contributed by atoms with E-state index in [-0.39, 0.29) is 6.54 Å². The van der Waals surface area contributed by atoms with Gasteiger partial charge in [0.2, 0.25) is 0 Å². The Labute approximate surface area is 119 Å². The molecule has 20 heavy (non-hydrogen) atoms. The lowest BCUT2D eigenvalue weighted by atomic mass is 10.2. The smallest absolute Gasteiger partial charge is 0.323 e. The van der Waals surface area contributed by atoms with Crippen molar-refractivity contribution in [3.05, 3.63) is 29.8 Å². The SMILES string of the molecule is Cc1ccc(N(CCN2CCOCC2)CC(=O)O)cc1. The third kappa shape index (κ3) is 4.51. The topological polar surface area (TPSA) is 53.0 Å². The molecule has 0 radical (unpaired) electrons. The molecule has 5 heteroatoms. The molecule has 1 fully saturated rings. The summed E-state index contributed by atoms with van der Waals surface area (Å²) in [6.45, 7) is 7.03. The summed E-state index contributed by atoms with van der Waals surface area (Å²) in [6, 6.07) is 7.99. The Bertz CT molecular complexity index is 427. The average molecular weight is 278 g/mol. The van der Waals surface area contributed by atoms with E-state index < -0.39 is 5.97 Å². The van der Waals surface area contributed by atoms with Crippen LogP contribution in [-0.2, 0) is 9.53 Å². The van der Waals surface area contributed by atoms with Gasteiger partial charge in [-0.1, -0.05) is 17.7 Å². The minimum absolute atomic E-state index is 0.0351. The Morgan fingerprint density at radius 3 is 2.55 bits per heavy atom. The van der Waals surface area contributed by atoms with Crippen molar-refractivity contribution in [1.82, 2.24) is 4.90 Å². The van der Waals surface area contributed by atoms with Crippen LogP contribution in [0.1, 0.15) is 5.56 Å². The number of carbonyl (C=O) groups is 1. The summed E-state index contributed by atoms with van der Waals surface area (Å²) in [6.07, 6.45) is 0. The molecule has 1 aliphatic rings. The number of benzene rings is 1. The number of carboxylic acid groups (broad SMARTS) is 1. The van der Waals surface area contributed by atoms with Gasteiger partial charge < -0.3 is 14.7 Å². The first-order valence-corrected chi connectivity index (χ1v) is 6.98. The maximum Gasteiger partial charge on any atom is 0.323 e. The van der Waals surface area contributed by atoms with Gasteiger partial charge in [-0.25, -0.2) is 0 Å². The van der Waals surface area contributed by atoms with Gasteiger partial charge in [0.25, 0.3) is 0 Å². The van der Waals surface area contributed by atoms with E-state index in [1.165, 1.54) is 5.56 Å². The molecule has 1 heterocycles. The zero-order valence-electron chi connectivity index (χ0n) is 11.9. The minimum atomic E-state index is -0.799. The van der Waals surface area contributed by atoms with Crippen LogP contribution in [0.25, 0.3) is 0 Å². The van der Waals surface area contributed by atoms with E-state index in [0.717, 1.165) is 45.1 Å². The molecule has 0 aliphatic carbocycles. The lowest BCUT2D eigenvalue weighted by Crippen LogP contribution is -2.42. The molecule has 0 unspecified atom stereocenters. The van der Waals surface area contributed by atoms with Gasteiger partial charge in [-0.2, -0.15) is 0 Å². The Balaban J connectivity index is 1.95. The zero-order chi connectivity index (χ0) is 14.4. The molecule has 0 saturated carbocycles. The van der Waals surface area contributed by atoms with Crippen LogP contribution in [0, 0.1) is 6.92 Å². The second kappa shape index (κ2) is 7.26. The summed E-state index contributed by atoms with van der Waals surface area (Å²) >= 11 is 0. The van der Waals surface area contributed by atoms with E-state index in [4.69, 9.17) is 9.84 Å². The van der Waals surface area contributed by atoms with Crippen LogP contribution in [0.15, 0.2) is 24.3 Å². The molecule has 1 aliphatic heterocycles. The number of hydrogen-bond donors (Lipinski definition) is 1. The first kappa shape index (κ1) is 14.8. The maximum atomic E-state index is 11.0. The summed E-state index contributed by atoms with van der Waals surface area (Å²) in [7, 11) is 0. The number of rotatable bonds is 6. The minimum Gasteiger partial charge on any atom is -0.480 e. The highest BCUT2D eigenvalue weighted by Gasteiger charge is 2.14. The van der Waals surface area contributed by atoms with E-state index in [1.807, 2.05) is 36.1 Å². The zero-order valence-corrected chi connectivity index (χ0v) is 11.9. The van der Waals surface area contributed by atoms with E-state index in [9.17, 15) is 4.79 Å². The number of aryl methyl sites for hydroxylation is 1. The molecule has 0 amide bonds. The summed E-state index contributed by atoms with van der Waals surface area (Å²) in [5, 5.41) is 9.06. The van der Waals surface area contributed by atoms with Gasteiger partial charge in [-0.3, -0.25) is 9.69 Å². The molecule has 110 valence electrons. The second-order valence-electron chi connectivity index (χ2n) is 5.10. The van der Waals surface area contributed by atoms with Crippen molar-refractivity contribution in [3.8, 4) is 0 Å². The summed E-state index contributed by atoms with van der Waals surface area (Å²) in [4.78, 5) is 15.3. The molecule has 1 aromatic carbocycles. The predicted molar refractivity (Wildman–Crippen MR) is 78.3 cm³/mol. The number of hydrogen-bond acceptors (Lipinski definition) is 4. The number of carboxylic acids is 1. The van der Waals surface area contributed by atoms with Crippen LogP contribution in [0.5, 0.6) is 0 Å². The first-order valence-electron chi connectivity index (χ1n) is 6.98. The standard InChI is InChI=1S/C15H22N2O3/c1-13-2-4-14(5-3-13)17(12-15(18)19)7-6-16-8-10-20-11-9-16/h2-5H,6-12H2,1H3,(H,18,19). The van der Waals surface area contributed by atoms with E-state index >= 15 is 0 Å². The van der Waals surface area contributed by atoms with Gasteiger partial charge in [0.15, 0.2) is 0 Å². The van der Waals surface area contributed by atoms with Crippen LogP contribution in [0.2, 0.25) is 0 Å². The van der Waals surface area contributed by atoms with Crippen LogP contribution < -0.4 is 4.90 Å². The molecular formula is C15H22N2O3. The van der Waals surface area contributed by atoms with Crippen LogP contribution in [0.3, 0.4) is 0 Å². The molecule has 1 saturated heterocycles. The van der Waals surface area contributed by atoms with Crippen molar-refractivity contribution in [3.63, 3.8) is 0 Å². The maximum absolute atomic E-state index is 11.0. The summed E-state index contributed by atoms with van der Waals surface area (Å²) in [5.41, 5.74) is 2.14. The molecule has 0 atom stereocenters. The first-order chi connectivity index (χ1) is 9.65. The fourth-order valence-electron chi connectivity index (χ4n) is 2.31. The monoisotopic (exact) mass is 278 g/mol. The summed E-state index contributed by atoms with van der Waals surface area (Å²) < 4.78 is 5.32. The highest BCUT2D eigenvalue weighted by Crippen LogP contribution is 2.15. The quantitative estimate of drug-likeness (QED) is 0.848. The number of anilines is 1. The molecule has 2 rings (SSSR count). The molecular weight excluding hydrogens is 256 g/mol. The normalized spacial score (nSPS) is 16.1.